The van der Waals surface area contributed by atoms with Crippen LogP contribution in [0.3, 0.4) is 0 Å². The van der Waals surface area contributed by atoms with E-state index in [0.717, 1.165) is 0 Å². The number of carboxylic acid groups (broad SMARTS) is 1. The molecular weight excluding hydrogens is 334 g/mol. The highest BCUT2D eigenvalue weighted by molar-refractivity contribution is 5.84. The summed E-state index contributed by atoms with van der Waals surface area (Å²) in [6.07, 6.45) is -0.0395. The summed E-state index contributed by atoms with van der Waals surface area (Å²) < 4.78 is 5.28. The zero-order valence-electron chi connectivity index (χ0n) is 13.3. The molecule has 1 unspecified atom stereocenters. The third kappa shape index (κ3) is 7.29. The van der Waals surface area contributed by atoms with Crippen LogP contribution < -0.4 is 15.8 Å². The van der Waals surface area contributed by atoms with E-state index >= 15 is 0 Å². The van der Waals surface area contributed by atoms with E-state index in [0.29, 0.717) is 0 Å². The van der Waals surface area contributed by atoms with Crippen molar-refractivity contribution < 1.29 is 29.2 Å². The Hall–Kier alpha value is -3.17. The van der Waals surface area contributed by atoms with Gasteiger partial charge in [-0.15, -0.1) is 0 Å². The zero-order chi connectivity index (χ0) is 18.8. The first-order valence-electron chi connectivity index (χ1n) is 7.48. The lowest BCUT2D eigenvalue weighted by molar-refractivity contribution is -0.385. The van der Waals surface area contributed by atoms with Crippen molar-refractivity contribution in [1.29, 1.82) is 0 Å². The van der Waals surface area contributed by atoms with Gasteiger partial charge in [-0.05, 0) is 18.9 Å². The minimum absolute atomic E-state index is 0.0268. The van der Waals surface area contributed by atoms with Crippen molar-refractivity contribution in [1.82, 2.24) is 5.32 Å². The summed E-state index contributed by atoms with van der Waals surface area (Å²) in [6.45, 7) is 0.0529. The minimum Gasteiger partial charge on any atom is -0.487 e. The Bertz CT molecular complexity index is 648. The number of carbonyl (C=O) groups excluding carboxylic acids is 2. The quantitative estimate of drug-likeness (QED) is 0.298. The van der Waals surface area contributed by atoms with E-state index in [9.17, 15) is 24.5 Å². The molecule has 2 amide bonds. The molecule has 0 aliphatic carbocycles. The van der Waals surface area contributed by atoms with Gasteiger partial charge in [0.2, 0.25) is 11.8 Å². The topological polar surface area (TPSA) is 162 Å². The van der Waals surface area contributed by atoms with Crippen LogP contribution in [0.4, 0.5) is 5.69 Å². The maximum Gasteiger partial charge on any atom is 0.326 e. The fourth-order valence-corrected chi connectivity index (χ4v) is 1.96. The molecule has 0 fully saturated rings. The molecule has 0 aliphatic heterocycles. The largest absolute Gasteiger partial charge is 0.487 e. The van der Waals surface area contributed by atoms with Gasteiger partial charge in [-0.2, -0.15) is 0 Å². The van der Waals surface area contributed by atoms with Crippen LogP contribution in [-0.4, -0.2) is 40.5 Å². The van der Waals surface area contributed by atoms with E-state index in [-0.39, 0.29) is 43.7 Å². The number of hydrogen-bond acceptors (Lipinski definition) is 6. The van der Waals surface area contributed by atoms with Gasteiger partial charge >= 0.3 is 11.7 Å². The van der Waals surface area contributed by atoms with Crippen molar-refractivity contribution in [3.8, 4) is 5.75 Å². The van der Waals surface area contributed by atoms with Crippen molar-refractivity contribution in [3.05, 3.63) is 34.4 Å². The molecule has 1 rings (SSSR count). The van der Waals surface area contributed by atoms with Gasteiger partial charge in [0, 0.05) is 18.9 Å². The lowest BCUT2D eigenvalue weighted by Crippen LogP contribution is -2.41. The zero-order valence-corrected chi connectivity index (χ0v) is 13.3. The highest BCUT2D eigenvalue weighted by Crippen LogP contribution is 2.25. The van der Waals surface area contributed by atoms with E-state index < -0.39 is 28.7 Å². The van der Waals surface area contributed by atoms with Crippen molar-refractivity contribution in [2.24, 2.45) is 5.73 Å². The second kappa shape index (κ2) is 9.85. The molecule has 1 aromatic rings. The van der Waals surface area contributed by atoms with Gasteiger partial charge in [-0.3, -0.25) is 19.7 Å². The van der Waals surface area contributed by atoms with Crippen molar-refractivity contribution in [3.63, 3.8) is 0 Å². The molecule has 25 heavy (non-hydrogen) atoms. The van der Waals surface area contributed by atoms with E-state index in [1.165, 1.54) is 18.2 Å². The van der Waals surface area contributed by atoms with E-state index in [2.05, 4.69) is 5.32 Å². The number of rotatable bonds is 11. The first kappa shape index (κ1) is 19.9. The molecule has 0 heterocycles. The van der Waals surface area contributed by atoms with Crippen LogP contribution in [0.2, 0.25) is 0 Å². The molecule has 0 radical (unpaired) electrons. The van der Waals surface area contributed by atoms with Gasteiger partial charge in [0.25, 0.3) is 0 Å². The van der Waals surface area contributed by atoms with Gasteiger partial charge in [0.1, 0.15) is 6.04 Å². The van der Waals surface area contributed by atoms with Gasteiger partial charge in [0.15, 0.2) is 5.75 Å². The number of carbonyl (C=O) groups is 3. The normalized spacial score (nSPS) is 11.4. The predicted molar refractivity (Wildman–Crippen MR) is 85.8 cm³/mol. The standard InChI is InChI=1S/C15H19N3O7/c16-13(19)8-7-10(15(21)22)17-14(20)6-3-9-25-12-5-2-1-4-11(12)18(23)24/h1-2,4-5,10H,3,6-9H2,(H2,16,19)(H,17,20)(H,21,22). The number of nitrogens with one attached hydrogen (secondary N) is 1. The second-order valence-electron chi connectivity index (χ2n) is 5.14. The van der Waals surface area contributed by atoms with Crippen LogP contribution in [-0.2, 0) is 14.4 Å². The third-order valence-corrected chi connectivity index (χ3v) is 3.18. The highest BCUT2D eigenvalue weighted by atomic mass is 16.6. The molecule has 4 N–H and O–H groups in total. The molecule has 1 atom stereocenters. The van der Waals surface area contributed by atoms with E-state index in [4.69, 9.17) is 15.6 Å². The average Bonchev–Trinajstić information content (AvgIpc) is 2.55. The molecule has 0 aliphatic rings. The third-order valence-electron chi connectivity index (χ3n) is 3.18. The Balaban J connectivity index is 2.40. The smallest absolute Gasteiger partial charge is 0.326 e. The summed E-state index contributed by atoms with van der Waals surface area (Å²) >= 11 is 0. The van der Waals surface area contributed by atoms with Gasteiger partial charge < -0.3 is 20.9 Å². The van der Waals surface area contributed by atoms with E-state index in [1.807, 2.05) is 0 Å². The van der Waals surface area contributed by atoms with Gasteiger partial charge in [-0.1, -0.05) is 12.1 Å². The molecule has 10 nitrogen and oxygen atoms in total. The fourth-order valence-electron chi connectivity index (χ4n) is 1.96. The molecule has 0 saturated heterocycles. The second-order valence-corrected chi connectivity index (χ2v) is 5.14. The molecule has 0 saturated carbocycles. The Kier molecular flexibility index (Phi) is 7.83. The molecule has 0 aromatic heterocycles. The van der Waals surface area contributed by atoms with E-state index in [1.54, 1.807) is 6.07 Å². The lowest BCUT2D eigenvalue weighted by Gasteiger charge is -2.13. The minimum atomic E-state index is -1.26. The first-order chi connectivity index (χ1) is 11.8. The number of ether oxygens (including phenoxy) is 1. The number of aliphatic carboxylic acids is 1. The summed E-state index contributed by atoms with van der Waals surface area (Å²) in [7, 11) is 0. The molecule has 136 valence electrons. The number of amides is 2. The number of nitrogens with two attached hydrogens (primary N) is 1. The molecule has 0 spiro atoms. The Labute approximate surface area is 143 Å². The van der Waals surface area contributed by atoms with Crippen LogP contribution in [0, 0.1) is 10.1 Å². The van der Waals surface area contributed by atoms with Crippen LogP contribution in [0.25, 0.3) is 0 Å². The maximum absolute atomic E-state index is 11.7. The average molecular weight is 353 g/mol. The fraction of sp³-hybridized carbons (Fsp3) is 0.400. The summed E-state index contributed by atoms with van der Waals surface area (Å²) in [4.78, 5) is 43.7. The number of benzene rings is 1. The number of para-hydroxylation sites is 2. The highest BCUT2D eigenvalue weighted by Gasteiger charge is 2.20. The number of carboxylic acids is 1. The lowest BCUT2D eigenvalue weighted by atomic mass is 10.1. The van der Waals surface area contributed by atoms with Crippen molar-refractivity contribution in [2.45, 2.75) is 31.7 Å². The first-order valence-corrected chi connectivity index (χ1v) is 7.48. The van der Waals surface area contributed by atoms with Crippen LogP contribution in [0.15, 0.2) is 24.3 Å². The maximum atomic E-state index is 11.7. The summed E-state index contributed by atoms with van der Waals surface area (Å²) in [5.41, 5.74) is 4.77. The van der Waals surface area contributed by atoms with Crippen LogP contribution in [0.5, 0.6) is 5.75 Å². The molecule has 10 heteroatoms. The molecular formula is C15H19N3O7. The monoisotopic (exact) mass is 353 g/mol. The Morgan fingerprint density at radius 1 is 1.28 bits per heavy atom. The number of nitro benzene ring substituents is 1. The van der Waals surface area contributed by atoms with Gasteiger partial charge in [-0.25, -0.2) is 4.79 Å². The molecule has 0 bridgehead atoms. The summed E-state index contributed by atoms with van der Waals surface area (Å²) in [5.74, 6) is -2.34. The number of nitro groups is 1. The Morgan fingerprint density at radius 3 is 2.56 bits per heavy atom. The summed E-state index contributed by atoms with van der Waals surface area (Å²) in [5, 5.41) is 22.1. The predicted octanol–water partition coefficient (Wildman–Crippen LogP) is 0.589. The van der Waals surface area contributed by atoms with Crippen LogP contribution >= 0.6 is 0 Å². The number of hydrogen-bond donors (Lipinski definition) is 3. The number of primary amides is 1. The van der Waals surface area contributed by atoms with Crippen LogP contribution in [0.1, 0.15) is 25.7 Å². The number of nitrogens with zero attached hydrogens (tertiary/aromatic N) is 1. The van der Waals surface area contributed by atoms with Gasteiger partial charge in [0.05, 0.1) is 11.5 Å². The SMILES string of the molecule is NC(=O)CCC(NC(=O)CCCOc1ccccc1[N+](=O)[O-])C(=O)O. The summed E-state index contributed by atoms with van der Waals surface area (Å²) in [6, 6.07) is 4.65. The Morgan fingerprint density at radius 2 is 1.96 bits per heavy atom. The van der Waals surface area contributed by atoms with Crippen molar-refractivity contribution >= 4 is 23.5 Å². The molecule has 1 aromatic carbocycles. The van der Waals surface area contributed by atoms with Crippen molar-refractivity contribution in [2.75, 3.05) is 6.61 Å².